The lowest BCUT2D eigenvalue weighted by atomic mass is 10.0. The fraction of sp³-hybridized carbons (Fsp3) is 0.435. The van der Waals surface area contributed by atoms with Crippen LogP contribution in [0.5, 0.6) is 17.2 Å². The predicted octanol–water partition coefficient (Wildman–Crippen LogP) is 3.16. The van der Waals surface area contributed by atoms with Crippen LogP contribution in [0.2, 0.25) is 0 Å². The normalized spacial score (nSPS) is 21.8. The van der Waals surface area contributed by atoms with Crippen molar-refractivity contribution in [2.75, 3.05) is 7.11 Å². The maximum Gasteiger partial charge on any atom is 0.328 e. The Morgan fingerprint density at radius 2 is 1.97 bits per heavy atom. The minimum Gasteiger partial charge on any atom is -0.503 e. The average Bonchev–Trinajstić information content (AvgIpc) is 2.79. The van der Waals surface area contributed by atoms with Crippen LogP contribution < -0.4 is 14.8 Å². The molecule has 0 bridgehead atoms. The Balaban J connectivity index is 1.66. The molecule has 3 atom stereocenters. The summed E-state index contributed by atoms with van der Waals surface area (Å²) in [5.41, 5.74) is 0.944. The van der Waals surface area contributed by atoms with Crippen LogP contribution in [0.25, 0.3) is 0 Å². The van der Waals surface area contributed by atoms with E-state index in [-0.39, 0.29) is 29.4 Å². The molecule has 3 rings (SSSR count). The average molecular weight is 428 g/mol. The first-order valence-corrected chi connectivity index (χ1v) is 10.3. The number of carbonyl (C=O) groups excluding carboxylic acids is 2. The van der Waals surface area contributed by atoms with Crippen molar-refractivity contribution in [3.05, 3.63) is 47.8 Å². The molecule has 2 heterocycles. The van der Waals surface area contributed by atoms with Crippen LogP contribution in [0.4, 0.5) is 0 Å². The van der Waals surface area contributed by atoms with Crippen molar-refractivity contribution in [3.8, 4) is 17.2 Å². The number of amides is 1. The summed E-state index contributed by atoms with van der Waals surface area (Å²) in [6.07, 6.45) is 3.18. The van der Waals surface area contributed by atoms with E-state index in [1.165, 1.54) is 19.4 Å². The van der Waals surface area contributed by atoms with Crippen molar-refractivity contribution in [2.45, 2.75) is 57.8 Å². The fourth-order valence-electron chi connectivity index (χ4n) is 3.53. The van der Waals surface area contributed by atoms with Crippen LogP contribution in [0.1, 0.15) is 48.7 Å². The quantitative estimate of drug-likeness (QED) is 0.705. The fourth-order valence-corrected chi connectivity index (χ4v) is 3.53. The Labute approximate surface area is 181 Å². The van der Waals surface area contributed by atoms with Gasteiger partial charge in [-0.15, -0.1) is 0 Å². The van der Waals surface area contributed by atoms with Gasteiger partial charge in [0.25, 0.3) is 5.91 Å². The molecule has 1 aromatic carbocycles. The van der Waals surface area contributed by atoms with Crippen LogP contribution in [0.15, 0.2) is 36.5 Å². The highest BCUT2D eigenvalue weighted by Crippen LogP contribution is 2.28. The molecule has 1 fully saturated rings. The van der Waals surface area contributed by atoms with Crippen molar-refractivity contribution < 1.29 is 28.9 Å². The molecule has 8 heteroatoms. The van der Waals surface area contributed by atoms with Crippen LogP contribution in [-0.2, 0) is 9.53 Å². The summed E-state index contributed by atoms with van der Waals surface area (Å²) in [4.78, 5) is 29.2. The van der Waals surface area contributed by atoms with E-state index in [0.717, 1.165) is 11.3 Å². The van der Waals surface area contributed by atoms with Gasteiger partial charge in [0, 0.05) is 18.7 Å². The molecule has 1 aliphatic heterocycles. The monoisotopic (exact) mass is 428 g/mol. The number of pyridine rings is 1. The molecule has 2 aromatic rings. The largest absolute Gasteiger partial charge is 0.503 e. The Hall–Kier alpha value is -3.29. The number of cyclic esters (lactones) is 1. The minimum atomic E-state index is -0.847. The second-order valence-electron chi connectivity index (χ2n) is 7.70. The molecule has 2 N–H and O–H groups in total. The molecule has 0 aliphatic carbocycles. The van der Waals surface area contributed by atoms with Crippen molar-refractivity contribution >= 4 is 11.9 Å². The maximum atomic E-state index is 12.6. The topological polar surface area (TPSA) is 107 Å². The van der Waals surface area contributed by atoms with E-state index in [4.69, 9.17) is 14.2 Å². The molecule has 1 aromatic heterocycles. The molecule has 1 saturated heterocycles. The van der Waals surface area contributed by atoms with Gasteiger partial charge in [-0.05, 0) is 45.2 Å². The first-order chi connectivity index (χ1) is 14.9. The van der Waals surface area contributed by atoms with E-state index in [2.05, 4.69) is 10.3 Å². The van der Waals surface area contributed by atoms with Crippen molar-refractivity contribution in [1.82, 2.24) is 10.3 Å². The zero-order chi connectivity index (χ0) is 22.4. The Morgan fingerprint density at radius 3 is 2.68 bits per heavy atom. The van der Waals surface area contributed by atoms with Gasteiger partial charge in [-0.1, -0.05) is 17.7 Å². The number of esters is 1. The lowest BCUT2D eigenvalue weighted by Gasteiger charge is -2.21. The number of ether oxygens (including phenoxy) is 3. The Bertz CT molecular complexity index is 915. The molecule has 1 amide bonds. The van der Waals surface area contributed by atoms with Gasteiger partial charge < -0.3 is 24.6 Å². The maximum absolute atomic E-state index is 12.6. The first-order valence-electron chi connectivity index (χ1n) is 10.3. The highest BCUT2D eigenvalue weighted by molar-refractivity contribution is 5.97. The summed E-state index contributed by atoms with van der Waals surface area (Å²) in [5, 5.41) is 12.8. The third-order valence-corrected chi connectivity index (χ3v) is 5.17. The van der Waals surface area contributed by atoms with E-state index in [0.29, 0.717) is 25.7 Å². The molecule has 0 saturated carbocycles. The van der Waals surface area contributed by atoms with Gasteiger partial charge in [0.2, 0.25) is 0 Å². The van der Waals surface area contributed by atoms with Crippen LogP contribution in [0.3, 0.4) is 0 Å². The van der Waals surface area contributed by atoms with E-state index < -0.39 is 17.9 Å². The van der Waals surface area contributed by atoms with Gasteiger partial charge in [-0.25, -0.2) is 9.78 Å². The van der Waals surface area contributed by atoms with E-state index >= 15 is 0 Å². The number of aryl methyl sites for hydroxylation is 1. The van der Waals surface area contributed by atoms with Crippen molar-refractivity contribution in [1.29, 1.82) is 0 Å². The summed E-state index contributed by atoms with van der Waals surface area (Å²) in [6.45, 7) is 3.82. The van der Waals surface area contributed by atoms with Gasteiger partial charge in [0.1, 0.15) is 24.0 Å². The van der Waals surface area contributed by atoms with Crippen molar-refractivity contribution in [2.24, 2.45) is 0 Å². The number of aromatic hydroxyl groups is 1. The van der Waals surface area contributed by atoms with Gasteiger partial charge >= 0.3 is 5.97 Å². The number of rotatable bonds is 5. The zero-order valence-electron chi connectivity index (χ0n) is 18.0. The molecule has 2 unspecified atom stereocenters. The number of aromatic nitrogens is 1. The van der Waals surface area contributed by atoms with Crippen LogP contribution in [-0.4, -0.2) is 47.3 Å². The summed E-state index contributed by atoms with van der Waals surface area (Å²) in [5.74, 6) is -0.657. The molecule has 8 nitrogen and oxygen atoms in total. The number of hydrogen-bond acceptors (Lipinski definition) is 7. The van der Waals surface area contributed by atoms with Crippen molar-refractivity contribution in [3.63, 3.8) is 0 Å². The molecular weight excluding hydrogens is 400 g/mol. The highest BCUT2D eigenvalue weighted by atomic mass is 16.5. The second-order valence-corrected chi connectivity index (χ2v) is 7.70. The predicted molar refractivity (Wildman–Crippen MR) is 113 cm³/mol. The lowest BCUT2D eigenvalue weighted by molar-refractivity contribution is -0.151. The number of methoxy groups -OCH3 is 1. The van der Waals surface area contributed by atoms with Gasteiger partial charge in [-0.3, -0.25) is 4.79 Å². The standard InChI is InChI=1S/C23H28N2O6/c1-14-7-9-16(10-8-14)31-17-5-4-6-18(23(28)30-15(2)13-17)25-22(27)20-21(26)19(29-3)11-12-24-20/h7-12,15,17-18,26H,4-6,13H2,1-3H3,(H,25,27)/t15?,17?,18-/m0/s1. The molecular formula is C23H28N2O6. The van der Waals surface area contributed by atoms with E-state index in [1.54, 1.807) is 0 Å². The lowest BCUT2D eigenvalue weighted by Crippen LogP contribution is -2.42. The Morgan fingerprint density at radius 1 is 1.23 bits per heavy atom. The first kappa shape index (κ1) is 22.4. The SMILES string of the molecule is COc1ccnc(C(=O)N[C@H]2CCCC(Oc3ccc(C)cc3)CC(C)OC2=O)c1O. The van der Waals surface area contributed by atoms with Crippen LogP contribution >= 0.6 is 0 Å². The number of hydrogen-bond donors (Lipinski definition) is 2. The minimum absolute atomic E-state index is 0.107. The zero-order valence-corrected chi connectivity index (χ0v) is 18.0. The third kappa shape index (κ3) is 5.87. The van der Waals surface area contributed by atoms with E-state index in [9.17, 15) is 14.7 Å². The molecule has 0 radical (unpaired) electrons. The molecule has 166 valence electrons. The second kappa shape index (κ2) is 10.1. The Kier molecular flexibility index (Phi) is 7.33. The summed E-state index contributed by atoms with van der Waals surface area (Å²) in [6, 6.07) is 8.42. The highest BCUT2D eigenvalue weighted by Gasteiger charge is 2.29. The number of nitrogens with zero attached hydrogens (tertiary/aromatic N) is 1. The summed E-state index contributed by atoms with van der Waals surface area (Å²) in [7, 11) is 1.38. The van der Waals surface area contributed by atoms with Gasteiger partial charge in [-0.2, -0.15) is 0 Å². The van der Waals surface area contributed by atoms with Gasteiger partial charge in [0.05, 0.1) is 7.11 Å². The number of benzene rings is 1. The van der Waals surface area contributed by atoms with E-state index in [1.807, 2.05) is 38.1 Å². The smallest absolute Gasteiger partial charge is 0.328 e. The molecule has 0 spiro atoms. The summed E-state index contributed by atoms with van der Waals surface area (Å²) < 4.78 is 16.6. The molecule has 31 heavy (non-hydrogen) atoms. The van der Waals surface area contributed by atoms with Gasteiger partial charge in [0.15, 0.2) is 17.2 Å². The third-order valence-electron chi connectivity index (χ3n) is 5.17. The molecule has 1 aliphatic rings. The summed E-state index contributed by atoms with van der Waals surface area (Å²) >= 11 is 0. The number of nitrogens with one attached hydrogen (secondary N) is 1. The number of carbonyl (C=O) groups is 2. The van der Waals surface area contributed by atoms with Crippen LogP contribution in [0, 0.1) is 6.92 Å².